The SMILES string of the molecule is CC(C)(C)C(C)(C)OC1C=CC(c2cc(C3=CC=C4C=Cc5cccc6c5C4C3C=C6)nc(C3C=CC=CC3)n2)=C(O)C1. The van der Waals surface area contributed by atoms with Crippen LogP contribution in [-0.4, -0.2) is 26.8 Å². The van der Waals surface area contributed by atoms with Crippen LogP contribution in [-0.2, 0) is 4.74 Å². The Balaban J connectivity index is 1.28. The van der Waals surface area contributed by atoms with Crippen molar-refractivity contribution >= 4 is 23.3 Å². The summed E-state index contributed by atoms with van der Waals surface area (Å²) in [6, 6.07) is 8.65. The molecule has 4 unspecified atom stereocenters. The summed E-state index contributed by atoms with van der Waals surface area (Å²) in [6.45, 7) is 10.8. The highest BCUT2D eigenvalue weighted by Crippen LogP contribution is 2.51. The van der Waals surface area contributed by atoms with Crippen molar-refractivity contribution in [3.8, 4) is 0 Å². The summed E-state index contributed by atoms with van der Waals surface area (Å²) in [5, 5.41) is 11.4. The lowest BCUT2D eigenvalue weighted by atomic mass is 9.66. The normalized spacial score (nSPS) is 25.5. The molecule has 5 aliphatic carbocycles. The fourth-order valence-corrected chi connectivity index (χ4v) is 6.64. The van der Waals surface area contributed by atoms with E-state index >= 15 is 0 Å². The first kappa shape index (κ1) is 27.8. The largest absolute Gasteiger partial charge is 0.511 e. The Bertz CT molecular complexity index is 1730. The first-order valence-corrected chi connectivity index (χ1v) is 15.5. The van der Waals surface area contributed by atoms with Crippen LogP contribution in [0.2, 0.25) is 0 Å². The summed E-state index contributed by atoms with van der Waals surface area (Å²) in [4.78, 5) is 10.3. The zero-order valence-corrected chi connectivity index (χ0v) is 25.7. The van der Waals surface area contributed by atoms with E-state index in [4.69, 9.17) is 14.7 Å². The van der Waals surface area contributed by atoms with Gasteiger partial charge in [-0.05, 0) is 59.6 Å². The average Bonchev–Trinajstić information content (AvgIpc) is 2.99. The number of rotatable bonds is 5. The van der Waals surface area contributed by atoms with Gasteiger partial charge < -0.3 is 9.84 Å². The Kier molecular flexibility index (Phi) is 6.66. The van der Waals surface area contributed by atoms with E-state index in [1.54, 1.807) is 0 Å². The summed E-state index contributed by atoms with van der Waals surface area (Å²) in [5.41, 5.74) is 8.56. The second kappa shape index (κ2) is 10.3. The molecule has 4 heteroatoms. The minimum Gasteiger partial charge on any atom is -0.511 e. The summed E-state index contributed by atoms with van der Waals surface area (Å²) in [5.74, 6) is 1.63. The molecule has 4 nitrogen and oxygen atoms in total. The first-order valence-electron chi connectivity index (χ1n) is 15.5. The molecule has 4 atom stereocenters. The van der Waals surface area contributed by atoms with Crippen molar-refractivity contribution in [2.75, 3.05) is 0 Å². The molecule has 218 valence electrons. The van der Waals surface area contributed by atoms with E-state index in [2.05, 4.69) is 126 Å². The van der Waals surface area contributed by atoms with Crippen molar-refractivity contribution in [1.29, 1.82) is 0 Å². The molecule has 0 bridgehead atoms. The Morgan fingerprint density at radius 3 is 2.40 bits per heavy atom. The molecule has 0 saturated heterocycles. The quantitative estimate of drug-likeness (QED) is 0.390. The number of allylic oxidation sites excluding steroid dienone is 12. The zero-order chi connectivity index (χ0) is 29.9. The number of benzene rings is 1. The zero-order valence-electron chi connectivity index (χ0n) is 25.7. The molecule has 0 radical (unpaired) electrons. The van der Waals surface area contributed by atoms with Crippen LogP contribution < -0.4 is 0 Å². The van der Waals surface area contributed by atoms with Gasteiger partial charge in [0, 0.05) is 29.7 Å². The van der Waals surface area contributed by atoms with Crippen LogP contribution in [0.1, 0.15) is 93.2 Å². The number of nitrogens with zero attached hydrogens (tertiary/aromatic N) is 2. The highest BCUT2D eigenvalue weighted by atomic mass is 16.5. The van der Waals surface area contributed by atoms with Crippen LogP contribution in [0.3, 0.4) is 0 Å². The molecule has 0 fully saturated rings. The third-order valence-electron chi connectivity index (χ3n) is 10.0. The van der Waals surface area contributed by atoms with Gasteiger partial charge in [0.15, 0.2) is 0 Å². The lowest BCUT2D eigenvalue weighted by Gasteiger charge is -2.41. The van der Waals surface area contributed by atoms with Crippen LogP contribution in [0.25, 0.3) is 23.3 Å². The Morgan fingerprint density at radius 2 is 1.65 bits per heavy atom. The van der Waals surface area contributed by atoms with Crippen LogP contribution in [0.15, 0.2) is 96.4 Å². The number of hydrogen-bond acceptors (Lipinski definition) is 4. The fraction of sp³-hybridized carbons (Fsp3) is 0.333. The molecule has 43 heavy (non-hydrogen) atoms. The number of hydrogen-bond donors (Lipinski definition) is 1. The molecule has 1 heterocycles. The number of aromatic nitrogens is 2. The molecule has 1 aromatic carbocycles. The van der Waals surface area contributed by atoms with Crippen molar-refractivity contribution < 1.29 is 9.84 Å². The molecule has 0 spiro atoms. The molecule has 0 amide bonds. The second-order valence-electron chi connectivity index (χ2n) is 13.8. The maximum Gasteiger partial charge on any atom is 0.136 e. The predicted octanol–water partition coefficient (Wildman–Crippen LogP) is 9.29. The van der Waals surface area contributed by atoms with Gasteiger partial charge >= 0.3 is 0 Å². The molecule has 1 N–H and O–H groups in total. The van der Waals surface area contributed by atoms with E-state index in [0.717, 1.165) is 29.2 Å². The van der Waals surface area contributed by atoms with Crippen LogP contribution in [0.5, 0.6) is 0 Å². The molecule has 7 rings (SSSR count). The molecular formula is C39H40N2O2. The minimum atomic E-state index is -0.351. The highest BCUT2D eigenvalue weighted by molar-refractivity contribution is 5.83. The van der Waals surface area contributed by atoms with E-state index in [1.807, 2.05) is 6.08 Å². The van der Waals surface area contributed by atoms with E-state index in [9.17, 15) is 5.11 Å². The Hall–Kier alpha value is -4.02. The monoisotopic (exact) mass is 568 g/mol. The van der Waals surface area contributed by atoms with E-state index in [0.29, 0.717) is 12.2 Å². The Morgan fingerprint density at radius 1 is 0.860 bits per heavy atom. The minimum absolute atomic E-state index is 0.0378. The summed E-state index contributed by atoms with van der Waals surface area (Å²) in [6.07, 6.45) is 27.2. The predicted molar refractivity (Wildman–Crippen MR) is 176 cm³/mol. The second-order valence-corrected chi connectivity index (χ2v) is 13.8. The smallest absolute Gasteiger partial charge is 0.136 e. The highest BCUT2D eigenvalue weighted by Gasteiger charge is 2.38. The van der Waals surface area contributed by atoms with Gasteiger partial charge in [0.05, 0.1) is 23.1 Å². The van der Waals surface area contributed by atoms with E-state index in [1.165, 1.54) is 27.8 Å². The molecular weight excluding hydrogens is 528 g/mol. The first-order chi connectivity index (χ1) is 20.6. The third-order valence-corrected chi connectivity index (χ3v) is 10.0. The number of ether oxygens (including phenoxy) is 1. The summed E-state index contributed by atoms with van der Waals surface area (Å²) >= 11 is 0. The van der Waals surface area contributed by atoms with Gasteiger partial charge in [-0.15, -0.1) is 0 Å². The summed E-state index contributed by atoms with van der Waals surface area (Å²) in [7, 11) is 0. The van der Waals surface area contributed by atoms with Gasteiger partial charge in [-0.25, -0.2) is 9.97 Å². The molecule has 0 aliphatic heterocycles. The maximum atomic E-state index is 11.4. The molecule has 2 aromatic rings. The van der Waals surface area contributed by atoms with Gasteiger partial charge in [0.25, 0.3) is 0 Å². The van der Waals surface area contributed by atoms with Gasteiger partial charge in [0.2, 0.25) is 0 Å². The van der Waals surface area contributed by atoms with Crippen molar-refractivity contribution in [2.45, 2.75) is 71.0 Å². The maximum absolute atomic E-state index is 11.4. The van der Waals surface area contributed by atoms with Gasteiger partial charge in [-0.1, -0.05) is 112 Å². The topological polar surface area (TPSA) is 55.2 Å². The van der Waals surface area contributed by atoms with Crippen LogP contribution >= 0.6 is 0 Å². The number of aliphatic hydroxyl groups excluding tert-OH is 1. The molecule has 0 saturated carbocycles. The lowest BCUT2D eigenvalue weighted by molar-refractivity contribution is -0.116. The van der Waals surface area contributed by atoms with E-state index < -0.39 is 0 Å². The Labute approximate surface area is 255 Å². The third kappa shape index (κ3) is 4.92. The van der Waals surface area contributed by atoms with Gasteiger partial charge in [0.1, 0.15) is 11.6 Å². The molecule has 1 aromatic heterocycles. The number of aliphatic hydroxyl groups is 1. The molecule has 5 aliphatic rings. The van der Waals surface area contributed by atoms with Crippen molar-refractivity contribution in [3.63, 3.8) is 0 Å². The van der Waals surface area contributed by atoms with Crippen LogP contribution in [0.4, 0.5) is 0 Å². The standard InChI is InChI=1S/C39H40N2O2/c1-38(2,3)39(4,5)43-28-18-21-31(34(42)22-28)33-23-32(40-37(41-33)27-10-7-6-8-11-27)29-19-16-26-15-14-24-12-9-13-25-17-20-30(29)36(26)35(24)25/h6-10,12-21,23,27-28,30,36,42H,11,22H2,1-5H3. The summed E-state index contributed by atoms with van der Waals surface area (Å²) < 4.78 is 6.49. The fourth-order valence-electron chi connectivity index (χ4n) is 6.64. The van der Waals surface area contributed by atoms with Crippen molar-refractivity contribution in [1.82, 2.24) is 9.97 Å². The van der Waals surface area contributed by atoms with Gasteiger partial charge in [-0.3, -0.25) is 0 Å². The van der Waals surface area contributed by atoms with Crippen molar-refractivity contribution in [2.24, 2.45) is 11.3 Å². The lowest BCUT2D eigenvalue weighted by Crippen LogP contribution is -2.42. The van der Waals surface area contributed by atoms with Crippen molar-refractivity contribution in [3.05, 3.63) is 130 Å². The van der Waals surface area contributed by atoms with Crippen LogP contribution in [0, 0.1) is 11.3 Å². The average molecular weight is 569 g/mol. The van der Waals surface area contributed by atoms with Gasteiger partial charge in [-0.2, -0.15) is 0 Å². The van der Waals surface area contributed by atoms with E-state index in [-0.39, 0.29) is 34.9 Å².